The van der Waals surface area contributed by atoms with E-state index in [0.29, 0.717) is 0 Å². The van der Waals surface area contributed by atoms with Gasteiger partial charge in [0.1, 0.15) is 0 Å². The zero-order chi connectivity index (χ0) is 5.54. The second-order valence-electron chi connectivity index (χ2n) is 1.57. The topological polar surface area (TPSA) is 17.1 Å². The molecule has 1 nitrogen and oxygen atoms in total. The maximum Gasteiger partial charge on any atom is 3.00 e. The average Bonchev–Trinajstić information content (AvgIpc) is 2.23. The van der Waals surface area contributed by atoms with E-state index in [0.717, 1.165) is 0 Å². The first-order valence-corrected chi connectivity index (χ1v) is 2.55. The van der Waals surface area contributed by atoms with Crippen LogP contribution in [0.3, 0.4) is 0 Å². The van der Waals surface area contributed by atoms with Gasteiger partial charge >= 0.3 is 17.1 Å². The Labute approximate surface area is 68.7 Å². The van der Waals surface area contributed by atoms with Crippen LogP contribution in [0.1, 0.15) is 25.7 Å². The van der Waals surface area contributed by atoms with Crippen molar-refractivity contribution in [2.24, 2.45) is 0 Å². The SMILES string of the molecule is [CH-]1CCCC1.[CH-]=O.[CH3-].[Fe+3]. The van der Waals surface area contributed by atoms with E-state index in [1.165, 1.54) is 25.7 Å². The molecule has 0 aromatic rings. The molecular formula is C7H13FeO. The van der Waals surface area contributed by atoms with Gasteiger partial charge in [-0.3, -0.25) is 6.79 Å². The quantitative estimate of drug-likeness (QED) is 0.307. The largest absolute Gasteiger partial charge is 3.00 e. The molecule has 0 unspecified atom stereocenters. The Balaban J connectivity index is -0.0000000836. The van der Waals surface area contributed by atoms with Crippen LogP contribution in [0.15, 0.2) is 0 Å². The molecule has 1 aliphatic carbocycles. The van der Waals surface area contributed by atoms with Crippen LogP contribution >= 0.6 is 0 Å². The number of rotatable bonds is 0. The molecule has 0 saturated heterocycles. The van der Waals surface area contributed by atoms with Crippen molar-refractivity contribution in [2.45, 2.75) is 25.7 Å². The molecule has 0 bridgehead atoms. The molecule has 1 aliphatic rings. The zero-order valence-corrected chi connectivity index (χ0v) is 6.85. The van der Waals surface area contributed by atoms with E-state index in [2.05, 4.69) is 13.2 Å². The van der Waals surface area contributed by atoms with Crippen LogP contribution in [0.2, 0.25) is 0 Å². The van der Waals surface area contributed by atoms with Crippen molar-refractivity contribution in [3.8, 4) is 0 Å². The van der Waals surface area contributed by atoms with Gasteiger partial charge in [-0.05, 0) is 0 Å². The van der Waals surface area contributed by atoms with E-state index in [1.54, 1.807) is 0 Å². The van der Waals surface area contributed by atoms with E-state index in [9.17, 15) is 0 Å². The van der Waals surface area contributed by atoms with E-state index in [4.69, 9.17) is 4.79 Å². The molecule has 9 heavy (non-hydrogen) atoms. The van der Waals surface area contributed by atoms with Gasteiger partial charge < -0.3 is 18.6 Å². The van der Waals surface area contributed by atoms with E-state index in [1.807, 2.05) is 0 Å². The van der Waals surface area contributed by atoms with Gasteiger partial charge in [0.25, 0.3) is 0 Å². The summed E-state index contributed by atoms with van der Waals surface area (Å²) in [5, 5.41) is 0. The number of hydrogen-bond donors (Lipinski definition) is 0. The smallest absolute Gasteiger partial charge is 0.545 e. The van der Waals surface area contributed by atoms with Crippen LogP contribution in [-0.4, -0.2) is 6.79 Å². The summed E-state index contributed by atoms with van der Waals surface area (Å²) in [4.78, 5) is 7.75. The number of hydrogen-bond acceptors (Lipinski definition) is 1. The summed E-state index contributed by atoms with van der Waals surface area (Å²) < 4.78 is 0. The molecule has 0 aromatic carbocycles. The molecule has 0 spiro atoms. The Kier molecular flexibility index (Phi) is 28.1. The Morgan fingerprint density at radius 1 is 1.11 bits per heavy atom. The zero-order valence-electron chi connectivity index (χ0n) is 5.74. The molecule has 0 amide bonds. The summed E-state index contributed by atoms with van der Waals surface area (Å²) in [5.41, 5.74) is 0. The third kappa shape index (κ3) is 11.6. The van der Waals surface area contributed by atoms with Crippen LogP contribution < -0.4 is 0 Å². The average molecular weight is 169 g/mol. The molecule has 1 fully saturated rings. The summed E-state index contributed by atoms with van der Waals surface area (Å²) in [6.45, 7) is 3.25. The van der Waals surface area contributed by atoms with Gasteiger partial charge in [0.2, 0.25) is 0 Å². The van der Waals surface area contributed by atoms with Gasteiger partial charge in [-0.1, -0.05) is 12.8 Å². The summed E-state index contributed by atoms with van der Waals surface area (Å²) >= 11 is 0. The van der Waals surface area contributed by atoms with Crippen LogP contribution in [0.4, 0.5) is 0 Å². The minimum absolute atomic E-state index is 0. The Morgan fingerprint density at radius 3 is 1.56 bits per heavy atom. The fourth-order valence-corrected chi connectivity index (χ4v) is 0.722. The minimum atomic E-state index is 0. The van der Waals surface area contributed by atoms with Crippen molar-refractivity contribution in [1.82, 2.24) is 0 Å². The van der Waals surface area contributed by atoms with Crippen molar-refractivity contribution < 1.29 is 21.9 Å². The van der Waals surface area contributed by atoms with Crippen molar-refractivity contribution in [3.05, 3.63) is 13.8 Å². The second kappa shape index (κ2) is 15.7. The van der Waals surface area contributed by atoms with Crippen molar-refractivity contribution in [2.75, 3.05) is 0 Å². The maximum atomic E-state index is 7.75. The fraction of sp³-hybridized carbons (Fsp3) is 0.571. The molecule has 0 heterocycles. The molecule has 1 rings (SSSR count). The molecule has 0 aromatic heterocycles. The molecule has 55 valence electrons. The van der Waals surface area contributed by atoms with Crippen LogP contribution in [0.5, 0.6) is 0 Å². The Bertz CT molecular complexity index is 28.3. The first-order valence-electron chi connectivity index (χ1n) is 2.55. The normalized spacial score (nSPS) is 13.8. The van der Waals surface area contributed by atoms with Crippen LogP contribution in [0.25, 0.3) is 0 Å². The van der Waals surface area contributed by atoms with Crippen molar-refractivity contribution in [1.29, 1.82) is 0 Å². The minimum Gasteiger partial charge on any atom is -0.545 e. The van der Waals surface area contributed by atoms with Gasteiger partial charge in [-0.25, -0.2) is 0 Å². The third-order valence-electron chi connectivity index (χ3n) is 1.07. The first kappa shape index (κ1) is 16.1. The van der Waals surface area contributed by atoms with Crippen LogP contribution in [-0.2, 0) is 21.9 Å². The predicted molar refractivity (Wildman–Crippen MR) is 35.9 cm³/mol. The maximum absolute atomic E-state index is 7.75. The third-order valence-corrected chi connectivity index (χ3v) is 1.07. The van der Waals surface area contributed by atoms with Gasteiger partial charge in [-0.15, -0.1) is 0 Å². The summed E-state index contributed by atoms with van der Waals surface area (Å²) in [7, 11) is 0. The van der Waals surface area contributed by atoms with E-state index >= 15 is 0 Å². The van der Waals surface area contributed by atoms with Gasteiger partial charge in [0.15, 0.2) is 0 Å². The monoisotopic (exact) mass is 169 g/mol. The molecule has 0 N–H and O–H groups in total. The van der Waals surface area contributed by atoms with Gasteiger partial charge in [-0.2, -0.15) is 12.8 Å². The molecule has 1 radical (unpaired) electrons. The summed E-state index contributed by atoms with van der Waals surface area (Å²) in [5.74, 6) is 0. The standard InChI is InChI=1S/C5H9.CHO.CH3.Fe/c1-2-4-5-3-1;1-2;;/h1H,2-5H2;1H;1H3;/q3*-1;+3. The second-order valence-corrected chi connectivity index (χ2v) is 1.57. The molecule has 2 heteroatoms. The van der Waals surface area contributed by atoms with Gasteiger partial charge in [0, 0.05) is 0 Å². The van der Waals surface area contributed by atoms with Crippen molar-refractivity contribution in [3.63, 3.8) is 0 Å². The first-order chi connectivity index (χ1) is 3.50. The molecular weight excluding hydrogens is 156 g/mol. The molecule has 0 aliphatic heterocycles. The van der Waals surface area contributed by atoms with Crippen molar-refractivity contribution >= 4 is 6.79 Å². The molecule has 0 atom stereocenters. The van der Waals surface area contributed by atoms with Crippen LogP contribution in [0, 0.1) is 13.8 Å². The summed E-state index contributed by atoms with van der Waals surface area (Å²) in [6, 6.07) is 0. The number of carbonyl (C=O) groups excluding carboxylic acids is 1. The predicted octanol–water partition coefficient (Wildman–Crippen LogP) is 1.94. The van der Waals surface area contributed by atoms with Gasteiger partial charge in [0.05, 0.1) is 0 Å². The Morgan fingerprint density at radius 2 is 1.44 bits per heavy atom. The van der Waals surface area contributed by atoms with E-state index in [-0.39, 0.29) is 24.5 Å². The molecule has 1 saturated carbocycles. The summed E-state index contributed by atoms with van der Waals surface area (Å²) in [6.07, 6.45) is 8.00. The Hall–Kier alpha value is 0.189. The van der Waals surface area contributed by atoms with E-state index < -0.39 is 0 Å². The fourth-order valence-electron chi connectivity index (χ4n) is 0.722.